The predicted octanol–water partition coefficient (Wildman–Crippen LogP) is 3.11. The smallest absolute Gasteiger partial charge is 0.246 e. The number of aromatic amines is 1. The normalized spacial score (nSPS) is 46.1. The Morgan fingerprint density at radius 3 is 2.74 bits per heavy atom. The number of hydrogen-bond acceptors (Lipinski definition) is 4. The molecular weight excluding hydrogens is 338 g/mol. The Kier molecular flexibility index (Phi) is 3.57. The Labute approximate surface area is 161 Å². The highest BCUT2D eigenvalue weighted by atomic mass is 16.2. The molecule has 6 nitrogen and oxygen atoms in total. The van der Waals surface area contributed by atoms with Gasteiger partial charge in [0.15, 0.2) is 5.82 Å². The summed E-state index contributed by atoms with van der Waals surface area (Å²) in [4.78, 5) is 18.7. The molecule has 1 aromatic heterocycles. The van der Waals surface area contributed by atoms with Crippen molar-refractivity contribution in [2.75, 3.05) is 12.8 Å². The lowest BCUT2D eigenvalue weighted by Gasteiger charge is -2.60. The van der Waals surface area contributed by atoms with E-state index in [0.29, 0.717) is 23.8 Å². The van der Waals surface area contributed by atoms with Crippen LogP contribution in [0.15, 0.2) is 12.2 Å². The lowest BCUT2D eigenvalue weighted by Crippen LogP contribution is -2.59. The van der Waals surface area contributed by atoms with Crippen LogP contribution in [0.5, 0.6) is 0 Å². The molecule has 3 aliphatic carbocycles. The summed E-state index contributed by atoms with van der Waals surface area (Å²) in [6.45, 7) is 4.87. The third-order valence-corrected chi connectivity index (χ3v) is 8.96. The Balaban J connectivity index is 1.47. The van der Waals surface area contributed by atoms with E-state index < -0.39 is 0 Å². The maximum absolute atomic E-state index is 12.2. The number of nitrogens with zero attached hydrogens (tertiary/aromatic N) is 3. The van der Waals surface area contributed by atoms with E-state index in [1.165, 1.54) is 25.7 Å². The van der Waals surface area contributed by atoms with Crippen LogP contribution >= 0.6 is 0 Å². The fourth-order valence-corrected chi connectivity index (χ4v) is 7.61. The summed E-state index contributed by atoms with van der Waals surface area (Å²) >= 11 is 0. The molecule has 0 aromatic carbocycles. The van der Waals surface area contributed by atoms with Gasteiger partial charge in [0.2, 0.25) is 11.9 Å². The standard InChI is InChI=1S/C21H31N5O/c1-20-10-8-14-12(4-7-16-21(14,2)11-9-17(27)26(16)3)13(20)5-6-15(20)18-23-19(22)25-24-18/h9,11-16H,4-8,10H2,1-3H3,(H3,22,23,24,25)/t12?,13-,14?,15+,16+,20-,21+/m0/s1. The fraction of sp³-hybridized carbons (Fsp3) is 0.762. The van der Waals surface area contributed by atoms with E-state index in [1.807, 2.05) is 18.0 Å². The molecule has 3 N–H and O–H groups in total. The molecule has 2 unspecified atom stereocenters. The summed E-state index contributed by atoms with van der Waals surface area (Å²) in [7, 11) is 1.99. The summed E-state index contributed by atoms with van der Waals surface area (Å²) in [6.07, 6.45) is 11.3. The van der Waals surface area contributed by atoms with Gasteiger partial charge in [0.25, 0.3) is 0 Å². The van der Waals surface area contributed by atoms with Crippen molar-refractivity contribution in [1.82, 2.24) is 20.1 Å². The quantitative estimate of drug-likeness (QED) is 0.796. The molecule has 0 radical (unpaired) electrons. The highest BCUT2D eigenvalue weighted by Gasteiger charge is 2.61. The topological polar surface area (TPSA) is 87.9 Å². The highest BCUT2D eigenvalue weighted by molar-refractivity contribution is 5.89. The molecule has 27 heavy (non-hydrogen) atoms. The van der Waals surface area contributed by atoms with Crippen molar-refractivity contribution in [2.24, 2.45) is 28.6 Å². The van der Waals surface area contributed by atoms with Gasteiger partial charge < -0.3 is 10.6 Å². The monoisotopic (exact) mass is 369 g/mol. The first-order valence-electron chi connectivity index (χ1n) is 10.5. The summed E-state index contributed by atoms with van der Waals surface area (Å²) in [5, 5.41) is 7.26. The zero-order valence-electron chi connectivity index (χ0n) is 16.6. The second-order valence-electron chi connectivity index (χ2n) is 9.87. The van der Waals surface area contributed by atoms with E-state index in [4.69, 9.17) is 5.73 Å². The summed E-state index contributed by atoms with van der Waals surface area (Å²) in [5.74, 6) is 4.04. The number of hydrogen-bond donors (Lipinski definition) is 2. The molecule has 6 heteroatoms. The Morgan fingerprint density at radius 2 is 2.00 bits per heavy atom. The minimum Gasteiger partial charge on any atom is -0.368 e. The third-order valence-electron chi connectivity index (χ3n) is 8.96. The fourth-order valence-electron chi connectivity index (χ4n) is 7.61. The van der Waals surface area contributed by atoms with E-state index >= 15 is 0 Å². The third kappa shape index (κ3) is 2.21. The van der Waals surface area contributed by atoms with Crippen molar-refractivity contribution >= 4 is 11.9 Å². The first-order chi connectivity index (χ1) is 12.8. The van der Waals surface area contributed by atoms with Gasteiger partial charge in [-0.25, -0.2) is 5.10 Å². The van der Waals surface area contributed by atoms with Crippen LogP contribution in [0.4, 0.5) is 5.95 Å². The van der Waals surface area contributed by atoms with E-state index in [2.05, 4.69) is 35.1 Å². The molecule has 0 spiro atoms. The number of carbonyl (C=O) groups excluding carboxylic acids is 1. The van der Waals surface area contributed by atoms with Crippen LogP contribution in [0.3, 0.4) is 0 Å². The zero-order chi connectivity index (χ0) is 19.0. The molecule has 1 aliphatic heterocycles. The molecule has 1 amide bonds. The highest BCUT2D eigenvalue weighted by Crippen LogP contribution is 2.67. The van der Waals surface area contributed by atoms with Crippen LogP contribution in [-0.4, -0.2) is 39.1 Å². The van der Waals surface area contributed by atoms with E-state index in [1.54, 1.807) is 0 Å². The first-order valence-corrected chi connectivity index (χ1v) is 10.5. The number of nitrogens with one attached hydrogen (secondary N) is 1. The van der Waals surface area contributed by atoms with Gasteiger partial charge in [-0.3, -0.25) is 4.79 Å². The molecule has 4 aliphatic rings. The van der Waals surface area contributed by atoms with E-state index in [9.17, 15) is 4.79 Å². The van der Waals surface area contributed by atoms with Gasteiger partial charge in [0.1, 0.15) is 0 Å². The second-order valence-corrected chi connectivity index (χ2v) is 9.87. The Morgan fingerprint density at radius 1 is 1.19 bits per heavy atom. The van der Waals surface area contributed by atoms with E-state index in [-0.39, 0.29) is 16.7 Å². The number of nitrogens with two attached hydrogens (primary N) is 1. The van der Waals surface area contributed by atoms with Crippen LogP contribution in [0.25, 0.3) is 0 Å². The van der Waals surface area contributed by atoms with Gasteiger partial charge in [-0.15, -0.1) is 0 Å². The number of likely N-dealkylation sites (N-methyl/N-ethyl adjacent to an activating group) is 1. The van der Waals surface area contributed by atoms with Crippen molar-refractivity contribution in [3.8, 4) is 0 Å². The van der Waals surface area contributed by atoms with E-state index in [0.717, 1.165) is 30.5 Å². The number of aromatic nitrogens is 3. The van der Waals surface area contributed by atoms with Crippen molar-refractivity contribution in [3.05, 3.63) is 18.0 Å². The van der Waals surface area contributed by atoms with Crippen LogP contribution < -0.4 is 5.73 Å². The van der Waals surface area contributed by atoms with Gasteiger partial charge >= 0.3 is 0 Å². The number of H-pyrrole nitrogens is 1. The molecular formula is C21H31N5O. The molecule has 3 fully saturated rings. The van der Waals surface area contributed by atoms with Crippen LogP contribution in [0.2, 0.25) is 0 Å². The predicted molar refractivity (Wildman–Crippen MR) is 104 cm³/mol. The Hall–Kier alpha value is -1.85. The molecule has 0 bridgehead atoms. The minimum atomic E-state index is 0.111. The number of anilines is 1. The van der Waals surface area contributed by atoms with Crippen LogP contribution in [0, 0.1) is 28.6 Å². The van der Waals surface area contributed by atoms with Gasteiger partial charge in [-0.1, -0.05) is 19.9 Å². The number of fused-ring (bicyclic) bond motifs is 5. The summed E-state index contributed by atoms with van der Waals surface area (Å²) in [5.41, 5.74) is 6.18. The van der Waals surface area contributed by atoms with Crippen LogP contribution in [-0.2, 0) is 4.79 Å². The molecule has 3 saturated carbocycles. The van der Waals surface area contributed by atoms with Gasteiger partial charge in [0.05, 0.1) is 0 Å². The minimum absolute atomic E-state index is 0.111. The average Bonchev–Trinajstić information content (AvgIpc) is 3.21. The summed E-state index contributed by atoms with van der Waals surface area (Å²) < 4.78 is 0. The Bertz CT molecular complexity index is 802. The molecule has 7 atom stereocenters. The lowest BCUT2D eigenvalue weighted by atomic mass is 9.47. The number of carbonyl (C=O) groups is 1. The van der Waals surface area contributed by atoms with Crippen molar-refractivity contribution in [1.29, 1.82) is 0 Å². The molecule has 1 aromatic rings. The van der Waals surface area contributed by atoms with Gasteiger partial charge in [-0.2, -0.15) is 10.1 Å². The molecule has 5 rings (SSSR count). The van der Waals surface area contributed by atoms with Crippen molar-refractivity contribution in [3.63, 3.8) is 0 Å². The number of amides is 1. The van der Waals surface area contributed by atoms with Crippen molar-refractivity contribution < 1.29 is 4.79 Å². The average molecular weight is 370 g/mol. The van der Waals surface area contributed by atoms with Gasteiger partial charge in [0, 0.05) is 24.4 Å². The SMILES string of the molecule is CN1C(=O)C=C[C@]2(C)C3CC[C@]4(C)[C@@H](c5n[nH]c(N)n5)CC[C@H]4C3CC[C@@H]12. The number of rotatable bonds is 1. The van der Waals surface area contributed by atoms with Crippen molar-refractivity contribution in [2.45, 2.75) is 64.3 Å². The van der Waals surface area contributed by atoms with Gasteiger partial charge in [-0.05, 0) is 67.8 Å². The largest absolute Gasteiger partial charge is 0.368 e. The maximum Gasteiger partial charge on any atom is 0.246 e. The van der Waals surface area contributed by atoms with Crippen LogP contribution in [0.1, 0.15) is 64.1 Å². The molecule has 0 saturated heterocycles. The lowest BCUT2D eigenvalue weighted by molar-refractivity contribution is -0.138. The maximum atomic E-state index is 12.2. The summed E-state index contributed by atoms with van der Waals surface area (Å²) in [6, 6.07) is 0.352. The number of nitrogen functional groups attached to an aromatic ring is 1. The molecule has 146 valence electrons. The first kappa shape index (κ1) is 17.3. The zero-order valence-corrected chi connectivity index (χ0v) is 16.6. The second kappa shape index (κ2) is 5.58. The molecule has 2 heterocycles.